The number of esters is 1. The molecule has 0 aromatic carbocycles. The number of methoxy groups -OCH3 is 1. The summed E-state index contributed by atoms with van der Waals surface area (Å²) in [7, 11) is 1.40. The van der Waals surface area contributed by atoms with Gasteiger partial charge in [-0.3, -0.25) is 4.79 Å². The lowest BCUT2D eigenvalue weighted by atomic mass is 10.4. The van der Waals surface area contributed by atoms with Gasteiger partial charge in [0.25, 0.3) is 0 Å². The maximum Gasteiger partial charge on any atom is 0.319 e. The van der Waals surface area contributed by atoms with Crippen LogP contribution in [0.2, 0.25) is 0 Å². The second-order valence-corrected chi connectivity index (χ2v) is 2.65. The first-order valence-electron chi connectivity index (χ1n) is 3.60. The highest BCUT2D eigenvalue weighted by Gasteiger charge is 2.20. The predicted octanol–water partition coefficient (Wildman–Crippen LogP) is 0.159. The highest BCUT2D eigenvalue weighted by Crippen LogP contribution is 2.27. The summed E-state index contributed by atoms with van der Waals surface area (Å²) in [6.45, 7) is 1.32. The zero-order chi connectivity index (χ0) is 7.40. The largest absolute Gasteiger partial charge is 0.468 e. The highest BCUT2D eigenvalue weighted by molar-refractivity contribution is 5.71. The van der Waals surface area contributed by atoms with E-state index in [1.807, 2.05) is 0 Å². The fraction of sp³-hybridized carbons (Fsp3) is 0.857. The minimum absolute atomic E-state index is 0.180. The van der Waals surface area contributed by atoms with Crippen LogP contribution in [0.4, 0.5) is 0 Å². The molecule has 1 saturated carbocycles. The molecule has 0 saturated heterocycles. The van der Waals surface area contributed by atoms with Gasteiger partial charge in [0.1, 0.15) is 0 Å². The minimum Gasteiger partial charge on any atom is -0.468 e. The molecule has 0 radical (unpaired) electrons. The summed E-state index contributed by atoms with van der Waals surface area (Å²) in [6.07, 6.45) is 2.63. The fourth-order valence-corrected chi connectivity index (χ4v) is 0.772. The molecule has 3 nitrogen and oxygen atoms in total. The molecule has 0 aromatic rings. The highest BCUT2D eigenvalue weighted by atomic mass is 16.5. The van der Waals surface area contributed by atoms with Crippen LogP contribution in [0.15, 0.2) is 0 Å². The van der Waals surface area contributed by atoms with E-state index in [0.29, 0.717) is 6.54 Å². The van der Waals surface area contributed by atoms with Gasteiger partial charge >= 0.3 is 5.97 Å². The first kappa shape index (κ1) is 7.54. The number of nitrogens with one attached hydrogen (secondary N) is 1. The van der Waals surface area contributed by atoms with Gasteiger partial charge in [0, 0.05) is 0 Å². The molecule has 1 aliphatic rings. The van der Waals surface area contributed by atoms with E-state index >= 15 is 0 Å². The van der Waals surface area contributed by atoms with Gasteiger partial charge in [-0.2, -0.15) is 0 Å². The monoisotopic (exact) mass is 143 g/mol. The quantitative estimate of drug-likeness (QED) is 0.570. The van der Waals surface area contributed by atoms with E-state index in [1.54, 1.807) is 0 Å². The van der Waals surface area contributed by atoms with E-state index in [2.05, 4.69) is 10.1 Å². The molecule has 0 amide bonds. The van der Waals surface area contributed by atoms with Crippen molar-refractivity contribution in [2.45, 2.75) is 12.8 Å². The summed E-state index contributed by atoms with van der Waals surface area (Å²) in [5.41, 5.74) is 0. The Labute approximate surface area is 60.7 Å². The predicted molar refractivity (Wildman–Crippen MR) is 37.6 cm³/mol. The number of carbonyl (C=O) groups excluding carboxylic acids is 1. The first-order valence-corrected chi connectivity index (χ1v) is 3.60. The van der Waals surface area contributed by atoms with Crippen molar-refractivity contribution in [1.82, 2.24) is 5.32 Å². The molecule has 0 unspecified atom stereocenters. The molecule has 10 heavy (non-hydrogen) atoms. The molecule has 0 atom stereocenters. The molecule has 1 rings (SSSR count). The van der Waals surface area contributed by atoms with Gasteiger partial charge in [-0.25, -0.2) is 0 Å². The van der Waals surface area contributed by atoms with Gasteiger partial charge in [-0.1, -0.05) is 0 Å². The van der Waals surface area contributed by atoms with Gasteiger partial charge < -0.3 is 10.1 Å². The lowest BCUT2D eigenvalue weighted by Gasteiger charge is -1.99. The van der Waals surface area contributed by atoms with Crippen LogP contribution in [0.5, 0.6) is 0 Å². The van der Waals surface area contributed by atoms with Crippen LogP contribution in [0.3, 0.4) is 0 Å². The number of hydrogen-bond donors (Lipinski definition) is 1. The Kier molecular flexibility index (Phi) is 2.68. The van der Waals surface area contributed by atoms with Gasteiger partial charge in [-0.15, -0.1) is 0 Å². The third kappa shape index (κ3) is 2.82. The summed E-state index contributed by atoms with van der Waals surface area (Å²) < 4.78 is 4.45. The molecule has 3 heteroatoms. The zero-order valence-corrected chi connectivity index (χ0v) is 6.22. The molecule has 1 fully saturated rings. The van der Waals surface area contributed by atoms with E-state index in [9.17, 15) is 4.79 Å². The second-order valence-electron chi connectivity index (χ2n) is 2.65. The van der Waals surface area contributed by atoms with E-state index in [4.69, 9.17) is 0 Å². The Morgan fingerprint density at radius 1 is 1.70 bits per heavy atom. The van der Waals surface area contributed by atoms with Gasteiger partial charge in [0.15, 0.2) is 0 Å². The van der Waals surface area contributed by atoms with E-state index in [0.717, 1.165) is 12.5 Å². The van der Waals surface area contributed by atoms with Gasteiger partial charge in [-0.05, 0) is 25.3 Å². The van der Waals surface area contributed by atoms with Crippen molar-refractivity contribution < 1.29 is 9.53 Å². The summed E-state index contributed by atoms with van der Waals surface area (Å²) in [6, 6.07) is 0. The molecule has 58 valence electrons. The smallest absolute Gasteiger partial charge is 0.319 e. The van der Waals surface area contributed by atoms with Crippen molar-refractivity contribution in [3.63, 3.8) is 0 Å². The zero-order valence-electron chi connectivity index (χ0n) is 6.22. The topological polar surface area (TPSA) is 38.3 Å². The lowest BCUT2D eigenvalue weighted by molar-refractivity contribution is -0.139. The van der Waals surface area contributed by atoms with Crippen molar-refractivity contribution in [3.8, 4) is 0 Å². The van der Waals surface area contributed by atoms with E-state index < -0.39 is 0 Å². The van der Waals surface area contributed by atoms with Crippen LogP contribution in [0.1, 0.15) is 12.8 Å². The Morgan fingerprint density at radius 3 is 2.90 bits per heavy atom. The SMILES string of the molecule is COC(=O)CNCC1CC1. The third-order valence-electron chi connectivity index (χ3n) is 1.63. The number of hydrogen-bond acceptors (Lipinski definition) is 3. The van der Waals surface area contributed by atoms with Crippen LogP contribution >= 0.6 is 0 Å². The molecule has 0 bridgehead atoms. The van der Waals surface area contributed by atoms with Crippen LogP contribution in [-0.2, 0) is 9.53 Å². The van der Waals surface area contributed by atoms with Crippen LogP contribution in [0.25, 0.3) is 0 Å². The Morgan fingerprint density at radius 2 is 2.40 bits per heavy atom. The molecular weight excluding hydrogens is 130 g/mol. The van der Waals surface area contributed by atoms with Crippen molar-refractivity contribution in [3.05, 3.63) is 0 Å². The Bertz CT molecular complexity index is 121. The normalized spacial score (nSPS) is 16.9. The molecule has 0 spiro atoms. The number of ether oxygens (including phenoxy) is 1. The average molecular weight is 143 g/mol. The average Bonchev–Trinajstić information content (AvgIpc) is 2.71. The van der Waals surface area contributed by atoms with E-state index in [1.165, 1.54) is 20.0 Å². The Balaban J connectivity index is 1.88. The van der Waals surface area contributed by atoms with Gasteiger partial charge in [0.2, 0.25) is 0 Å². The summed E-state index contributed by atoms with van der Waals surface area (Å²) in [4.78, 5) is 10.5. The standard InChI is InChI=1S/C7H13NO2/c1-10-7(9)5-8-4-6-2-3-6/h6,8H,2-5H2,1H3. The van der Waals surface area contributed by atoms with Crippen molar-refractivity contribution in [1.29, 1.82) is 0 Å². The fourth-order valence-electron chi connectivity index (χ4n) is 0.772. The van der Waals surface area contributed by atoms with Crippen molar-refractivity contribution >= 4 is 5.97 Å². The minimum atomic E-state index is -0.180. The molecule has 0 aliphatic heterocycles. The maximum atomic E-state index is 10.5. The Hall–Kier alpha value is -0.570. The van der Waals surface area contributed by atoms with E-state index in [-0.39, 0.29) is 5.97 Å². The van der Waals surface area contributed by atoms with Crippen molar-refractivity contribution in [2.75, 3.05) is 20.2 Å². The molecule has 1 N–H and O–H groups in total. The lowest BCUT2D eigenvalue weighted by Crippen LogP contribution is -2.25. The molecular formula is C7H13NO2. The summed E-state index contributed by atoms with van der Waals surface area (Å²) in [5.74, 6) is 0.644. The van der Waals surface area contributed by atoms with Gasteiger partial charge in [0.05, 0.1) is 13.7 Å². The number of carbonyl (C=O) groups is 1. The van der Waals surface area contributed by atoms with Crippen LogP contribution in [-0.4, -0.2) is 26.2 Å². The van der Waals surface area contributed by atoms with Crippen LogP contribution in [0, 0.1) is 5.92 Å². The molecule has 0 aromatic heterocycles. The maximum absolute atomic E-state index is 10.5. The molecule has 0 heterocycles. The first-order chi connectivity index (χ1) is 4.83. The van der Waals surface area contributed by atoms with Crippen molar-refractivity contribution in [2.24, 2.45) is 5.92 Å². The number of rotatable bonds is 4. The summed E-state index contributed by atoms with van der Waals surface area (Å²) >= 11 is 0. The van der Waals surface area contributed by atoms with Crippen LogP contribution < -0.4 is 5.32 Å². The second kappa shape index (κ2) is 3.56. The molecule has 1 aliphatic carbocycles. The summed E-state index contributed by atoms with van der Waals surface area (Å²) in [5, 5.41) is 3.02. The third-order valence-corrected chi connectivity index (χ3v) is 1.63.